The zero-order valence-electron chi connectivity index (χ0n) is 10.3. The number of nitrogens with two attached hydrogens (primary N) is 1. The average Bonchev–Trinajstić information content (AvgIpc) is 2.70. The Balaban J connectivity index is 2.36. The minimum atomic E-state index is 0.190. The van der Waals surface area contributed by atoms with Gasteiger partial charge < -0.3 is 10.6 Å². The van der Waals surface area contributed by atoms with Crippen LogP contribution >= 0.6 is 27.3 Å². The first-order chi connectivity index (χ1) is 8.02. The van der Waals surface area contributed by atoms with Gasteiger partial charge in [-0.1, -0.05) is 6.92 Å². The highest BCUT2D eigenvalue weighted by Gasteiger charge is 2.11. The van der Waals surface area contributed by atoms with Crippen molar-refractivity contribution in [2.24, 2.45) is 11.7 Å². The van der Waals surface area contributed by atoms with Gasteiger partial charge in [0.2, 0.25) is 5.91 Å². The second kappa shape index (κ2) is 7.13. The minimum absolute atomic E-state index is 0.190. The molecular formula is C12H19BrN2OS. The number of nitrogens with zero attached hydrogens (tertiary/aromatic N) is 1. The SMILES string of the molecule is CC(CN)CCC(=O)N(C)Cc1cc(Br)cs1. The fourth-order valence-corrected chi connectivity index (χ4v) is 2.94. The van der Waals surface area contributed by atoms with E-state index in [9.17, 15) is 4.79 Å². The van der Waals surface area contributed by atoms with Crippen LogP contribution in [0.1, 0.15) is 24.6 Å². The van der Waals surface area contributed by atoms with E-state index in [4.69, 9.17) is 5.73 Å². The molecule has 17 heavy (non-hydrogen) atoms. The number of carbonyl (C=O) groups excluding carboxylic acids is 1. The van der Waals surface area contributed by atoms with Crippen molar-refractivity contribution in [2.45, 2.75) is 26.3 Å². The molecule has 1 aromatic heterocycles. The lowest BCUT2D eigenvalue weighted by Gasteiger charge is -2.17. The van der Waals surface area contributed by atoms with Crippen LogP contribution in [0.25, 0.3) is 0 Å². The van der Waals surface area contributed by atoms with Gasteiger partial charge in [-0.25, -0.2) is 0 Å². The third-order valence-corrected chi connectivity index (χ3v) is 4.38. The number of thiophene rings is 1. The zero-order chi connectivity index (χ0) is 12.8. The highest BCUT2D eigenvalue weighted by molar-refractivity contribution is 9.10. The molecule has 5 heteroatoms. The van der Waals surface area contributed by atoms with Crippen LogP contribution in [0.15, 0.2) is 15.9 Å². The van der Waals surface area contributed by atoms with Crippen LogP contribution in [-0.2, 0) is 11.3 Å². The quantitative estimate of drug-likeness (QED) is 0.876. The van der Waals surface area contributed by atoms with Crippen molar-refractivity contribution in [3.05, 3.63) is 20.8 Å². The Kier molecular flexibility index (Phi) is 6.16. The highest BCUT2D eigenvalue weighted by Crippen LogP contribution is 2.21. The van der Waals surface area contributed by atoms with Crippen molar-refractivity contribution in [1.82, 2.24) is 4.90 Å². The summed E-state index contributed by atoms with van der Waals surface area (Å²) in [6.45, 7) is 3.41. The summed E-state index contributed by atoms with van der Waals surface area (Å²) >= 11 is 5.07. The van der Waals surface area contributed by atoms with Gasteiger partial charge in [-0.05, 0) is 40.9 Å². The second-order valence-corrected chi connectivity index (χ2v) is 6.27. The van der Waals surface area contributed by atoms with E-state index in [-0.39, 0.29) is 5.91 Å². The largest absolute Gasteiger partial charge is 0.341 e. The number of amides is 1. The van der Waals surface area contributed by atoms with Gasteiger partial charge in [0.25, 0.3) is 0 Å². The van der Waals surface area contributed by atoms with Crippen molar-refractivity contribution in [2.75, 3.05) is 13.6 Å². The first-order valence-corrected chi connectivity index (χ1v) is 7.37. The molecule has 2 N–H and O–H groups in total. The lowest BCUT2D eigenvalue weighted by molar-refractivity contribution is -0.130. The predicted octanol–water partition coefficient (Wildman–Crippen LogP) is 2.84. The van der Waals surface area contributed by atoms with Gasteiger partial charge in [-0.2, -0.15) is 0 Å². The van der Waals surface area contributed by atoms with Crippen molar-refractivity contribution in [3.63, 3.8) is 0 Å². The van der Waals surface area contributed by atoms with Gasteiger partial charge in [0.05, 0.1) is 6.54 Å². The van der Waals surface area contributed by atoms with E-state index in [1.165, 1.54) is 4.88 Å². The lowest BCUT2D eigenvalue weighted by atomic mass is 10.1. The Labute approximate surface area is 115 Å². The topological polar surface area (TPSA) is 46.3 Å². The standard InChI is InChI=1S/C12H19BrN2OS/c1-9(6-14)3-4-12(16)15(2)7-11-5-10(13)8-17-11/h5,8-9H,3-4,6-7,14H2,1-2H3. The molecule has 0 radical (unpaired) electrons. The van der Waals surface area contributed by atoms with Gasteiger partial charge in [-0.3, -0.25) is 4.79 Å². The number of rotatable bonds is 6. The summed E-state index contributed by atoms with van der Waals surface area (Å²) in [4.78, 5) is 14.8. The molecule has 1 heterocycles. The summed E-state index contributed by atoms with van der Waals surface area (Å²) in [5, 5.41) is 2.03. The lowest BCUT2D eigenvalue weighted by Crippen LogP contribution is -2.26. The summed E-state index contributed by atoms with van der Waals surface area (Å²) < 4.78 is 1.08. The van der Waals surface area contributed by atoms with Crippen molar-refractivity contribution >= 4 is 33.2 Å². The van der Waals surface area contributed by atoms with E-state index in [0.717, 1.165) is 10.9 Å². The molecule has 1 rings (SSSR count). The van der Waals surface area contributed by atoms with Crippen LogP contribution < -0.4 is 5.73 Å². The van der Waals surface area contributed by atoms with Crippen LogP contribution in [0.2, 0.25) is 0 Å². The van der Waals surface area contributed by atoms with Crippen LogP contribution in [-0.4, -0.2) is 24.4 Å². The summed E-state index contributed by atoms with van der Waals surface area (Å²) in [5.74, 6) is 0.609. The van der Waals surface area contributed by atoms with Gasteiger partial charge in [0, 0.05) is 28.2 Å². The number of halogens is 1. The Hall–Kier alpha value is -0.390. The number of hydrogen-bond acceptors (Lipinski definition) is 3. The molecule has 0 aromatic carbocycles. The normalized spacial score (nSPS) is 12.5. The molecule has 0 aliphatic rings. The average molecular weight is 319 g/mol. The Morgan fingerprint density at radius 3 is 2.88 bits per heavy atom. The molecule has 0 bridgehead atoms. The molecule has 0 aliphatic carbocycles. The maximum Gasteiger partial charge on any atom is 0.222 e. The summed E-state index contributed by atoms with van der Waals surface area (Å²) in [6, 6.07) is 2.05. The maximum absolute atomic E-state index is 11.9. The molecule has 0 aliphatic heterocycles. The van der Waals surface area contributed by atoms with E-state index in [1.807, 2.05) is 12.4 Å². The van der Waals surface area contributed by atoms with Gasteiger partial charge in [0.15, 0.2) is 0 Å². The van der Waals surface area contributed by atoms with E-state index in [0.29, 0.717) is 25.4 Å². The smallest absolute Gasteiger partial charge is 0.222 e. The monoisotopic (exact) mass is 318 g/mol. The summed E-state index contributed by atoms with van der Waals surface area (Å²) in [5.41, 5.74) is 5.53. The predicted molar refractivity (Wildman–Crippen MR) is 75.9 cm³/mol. The maximum atomic E-state index is 11.9. The van der Waals surface area contributed by atoms with Crippen molar-refractivity contribution in [1.29, 1.82) is 0 Å². The third-order valence-electron chi connectivity index (χ3n) is 2.69. The molecule has 3 nitrogen and oxygen atoms in total. The van der Waals surface area contributed by atoms with E-state index in [1.54, 1.807) is 16.2 Å². The van der Waals surface area contributed by atoms with Crippen LogP contribution in [0, 0.1) is 5.92 Å². The number of carbonyl (C=O) groups is 1. The Morgan fingerprint density at radius 1 is 1.65 bits per heavy atom. The summed E-state index contributed by atoms with van der Waals surface area (Å²) in [7, 11) is 1.85. The van der Waals surface area contributed by atoms with Gasteiger partial charge >= 0.3 is 0 Å². The van der Waals surface area contributed by atoms with Gasteiger partial charge in [0.1, 0.15) is 0 Å². The van der Waals surface area contributed by atoms with Crippen LogP contribution in [0.5, 0.6) is 0 Å². The molecule has 0 saturated heterocycles. The molecule has 1 unspecified atom stereocenters. The Bertz CT molecular complexity index is 367. The molecule has 1 aromatic rings. The van der Waals surface area contributed by atoms with Crippen molar-refractivity contribution in [3.8, 4) is 0 Å². The second-order valence-electron chi connectivity index (χ2n) is 4.36. The first-order valence-electron chi connectivity index (χ1n) is 5.70. The first kappa shape index (κ1) is 14.7. The van der Waals surface area contributed by atoms with Crippen LogP contribution in [0.4, 0.5) is 0 Å². The fourth-order valence-electron chi connectivity index (χ4n) is 1.44. The minimum Gasteiger partial charge on any atom is -0.341 e. The summed E-state index contributed by atoms with van der Waals surface area (Å²) in [6.07, 6.45) is 1.45. The molecule has 1 amide bonds. The molecule has 96 valence electrons. The van der Waals surface area contributed by atoms with E-state index < -0.39 is 0 Å². The Morgan fingerprint density at radius 2 is 2.35 bits per heavy atom. The molecule has 0 fully saturated rings. The highest BCUT2D eigenvalue weighted by atomic mass is 79.9. The molecule has 0 spiro atoms. The fraction of sp³-hybridized carbons (Fsp3) is 0.583. The van der Waals surface area contributed by atoms with Crippen molar-refractivity contribution < 1.29 is 4.79 Å². The number of hydrogen-bond donors (Lipinski definition) is 1. The molecule has 0 saturated carbocycles. The zero-order valence-corrected chi connectivity index (χ0v) is 12.7. The van der Waals surface area contributed by atoms with Crippen LogP contribution in [0.3, 0.4) is 0 Å². The third kappa shape index (κ3) is 5.19. The van der Waals surface area contributed by atoms with E-state index in [2.05, 4.69) is 28.9 Å². The van der Waals surface area contributed by atoms with Gasteiger partial charge in [-0.15, -0.1) is 11.3 Å². The molecule has 1 atom stereocenters. The van der Waals surface area contributed by atoms with E-state index >= 15 is 0 Å². The molecular weight excluding hydrogens is 300 g/mol.